The summed E-state index contributed by atoms with van der Waals surface area (Å²) in [5.41, 5.74) is 2.17. The van der Waals surface area contributed by atoms with Gasteiger partial charge < -0.3 is 14.9 Å². The molecule has 13 heteroatoms. The summed E-state index contributed by atoms with van der Waals surface area (Å²) in [6, 6.07) is 4.83. The van der Waals surface area contributed by atoms with Crippen LogP contribution in [0.3, 0.4) is 0 Å². The molecule has 3 aromatic heterocycles. The predicted molar refractivity (Wildman–Crippen MR) is 146 cm³/mol. The number of halogens is 3. The third-order valence-electron chi connectivity index (χ3n) is 8.04. The number of hydrogen-bond acceptors (Lipinski definition) is 6. The number of alkyl halides is 3. The Morgan fingerprint density at radius 1 is 1.19 bits per heavy atom. The molecule has 1 atom stereocenters. The first kappa shape index (κ1) is 27.5. The van der Waals surface area contributed by atoms with Gasteiger partial charge in [0.2, 0.25) is 5.91 Å². The number of rotatable bonds is 4. The maximum absolute atomic E-state index is 14.0. The quantitative estimate of drug-likeness (QED) is 0.348. The Hall–Kier alpha value is -4.68. The zero-order valence-electron chi connectivity index (χ0n) is 22.9. The van der Waals surface area contributed by atoms with Crippen molar-refractivity contribution in [3.63, 3.8) is 0 Å². The molecule has 4 aromatic rings. The number of hydrogen-bond donors (Lipinski definition) is 2. The second kappa shape index (κ2) is 10.00. The Morgan fingerprint density at radius 2 is 1.98 bits per heavy atom. The molecule has 2 amide bonds. The number of carbonyl (C=O) groups is 2. The van der Waals surface area contributed by atoms with Gasteiger partial charge in [0.15, 0.2) is 5.69 Å². The van der Waals surface area contributed by atoms with Crippen molar-refractivity contribution < 1.29 is 27.9 Å². The van der Waals surface area contributed by atoms with Gasteiger partial charge in [-0.25, -0.2) is 9.67 Å². The summed E-state index contributed by atoms with van der Waals surface area (Å²) in [5, 5.41) is 21.9. The molecule has 0 aliphatic carbocycles. The fourth-order valence-corrected chi connectivity index (χ4v) is 5.92. The van der Waals surface area contributed by atoms with Crippen LogP contribution in [0.5, 0.6) is 5.75 Å². The number of pyridine rings is 1. The van der Waals surface area contributed by atoms with Crippen LogP contribution in [0, 0.1) is 0 Å². The highest BCUT2D eigenvalue weighted by Crippen LogP contribution is 2.40. The molecule has 1 unspecified atom stereocenters. The predicted octanol–water partition coefficient (Wildman–Crippen LogP) is 4.30. The van der Waals surface area contributed by atoms with Gasteiger partial charge in [0.1, 0.15) is 11.4 Å². The van der Waals surface area contributed by atoms with Crippen molar-refractivity contribution in [2.75, 3.05) is 19.6 Å². The summed E-state index contributed by atoms with van der Waals surface area (Å²) >= 11 is 0. The summed E-state index contributed by atoms with van der Waals surface area (Å²) in [6.45, 7) is 8.33. The summed E-state index contributed by atoms with van der Waals surface area (Å²) < 4.78 is 42.4. The van der Waals surface area contributed by atoms with Crippen LogP contribution in [-0.2, 0) is 23.8 Å². The molecule has 2 N–H and O–H groups in total. The average Bonchev–Trinajstić information content (AvgIpc) is 3.53. The molecule has 1 aromatic carbocycles. The molecule has 10 nitrogen and oxygen atoms in total. The van der Waals surface area contributed by atoms with E-state index in [1.165, 1.54) is 12.3 Å². The number of amides is 2. The Morgan fingerprint density at radius 3 is 2.67 bits per heavy atom. The first-order valence-electron chi connectivity index (χ1n) is 13.5. The highest BCUT2D eigenvalue weighted by atomic mass is 19.4. The zero-order chi connectivity index (χ0) is 29.9. The van der Waals surface area contributed by atoms with Crippen molar-refractivity contribution in [3.05, 3.63) is 77.0 Å². The van der Waals surface area contributed by atoms with E-state index < -0.39 is 23.8 Å². The zero-order valence-corrected chi connectivity index (χ0v) is 22.9. The molecule has 5 heterocycles. The second-order valence-corrected chi connectivity index (χ2v) is 10.8. The molecule has 0 radical (unpaired) electrons. The molecular formula is C29H28F3N7O3. The minimum absolute atomic E-state index is 0.00634. The van der Waals surface area contributed by atoms with E-state index in [-0.39, 0.29) is 47.1 Å². The number of carbonyl (C=O) groups excluding carboxylic acids is 2. The van der Waals surface area contributed by atoms with Crippen LogP contribution < -0.4 is 0 Å². The van der Waals surface area contributed by atoms with Crippen molar-refractivity contribution >= 4 is 22.7 Å². The molecule has 0 fully saturated rings. The monoisotopic (exact) mass is 579 g/mol. The second-order valence-electron chi connectivity index (χ2n) is 10.8. The first-order valence-corrected chi connectivity index (χ1v) is 13.5. The SMILES string of the molecule is C=CC(=O)N1CCc2nn(-c3ccc(C(C)C)cc3O)c3c2C(C1)N(C(=O)c1cnc(C(F)(F)F)c2[nH]ncc12)CC3. The number of aromatic amines is 1. The van der Waals surface area contributed by atoms with Crippen molar-refractivity contribution in [2.24, 2.45) is 0 Å². The number of aromatic nitrogens is 5. The van der Waals surface area contributed by atoms with E-state index in [4.69, 9.17) is 5.10 Å². The van der Waals surface area contributed by atoms with Gasteiger partial charge in [-0.2, -0.15) is 23.4 Å². The van der Waals surface area contributed by atoms with Crippen molar-refractivity contribution in [3.8, 4) is 11.4 Å². The normalized spacial score (nSPS) is 17.0. The number of nitrogens with one attached hydrogen (secondary N) is 1. The van der Waals surface area contributed by atoms with Crippen molar-refractivity contribution in [2.45, 2.75) is 44.8 Å². The number of phenols is 1. The first-order chi connectivity index (χ1) is 20.0. The van der Waals surface area contributed by atoms with E-state index in [0.717, 1.165) is 23.0 Å². The van der Waals surface area contributed by atoms with E-state index in [0.29, 0.717) is 30.8 Å². The van der Waals surface area contributed by atoms with E-state index in [9.17, 15) is 27.9 Å². The molecule has 0 saturated carbocycles. The lowest BCUT2D eigenvalue weighted by Gasteiger charge is -2.38. The van der Waals surface area contributed by atoms with E-state index in [2.05, 4.69) is 21.8 Å². The average molecular weight is 580 g/mol. The molecule has 6 rings (SSSR count). The third-order valence-corrected chi connectivity index (χ3v) is 8.04. The number of phenolic OH excluding ortho intramolecular Hbond substituents is 1. The van der Waals surface area contributed by atoms with Gasteiger partial charge in [-0.05, 0) is 29.7 Å². The molecular weight excluding hydrogens is 551 g/mol. The molecule has 218 valence electrons. The van der Waals surface area contributed by atoms with Gasteiger partial charge in [0, 0.05) is 49.6 Å². The highest BCUT2D eigenvalue weighted by Gasteiger charge is 2.42. The van der Waals surface area contributed by atoms with Gasteiger partial charge in [0.25, 0.3) is 5.91 Å². The third kappa shape index (κ3) is 4.39. The summed E-state index contributed by atoms with van der Waals surface area (Å²) in [4.78, 5) is 33.5. The molecule has 0 spiro atoms. The Kier molecular flexibility index (Phi) is 6.54. The summed E-state index contributed by atoms with van der Waals surface area (Å²) in [5.74, 6) is -0.542. The molecule has 0 saturated heterocycles. The topological polar surface area (TPSA) is 120 Å². The number of fused-ring (bicyclic) bond motifs is 1. The Bertz CT molecular complexity index is 1740. The fourth-order valence-electron chi connectivity index (χ4n) is 5.92. The number of nitrogens with zero attached hydrogens (tertiary/aromatic N) is 6. The number of H-pyrrole nitrogens is 1. The summed E-state index contributed by atoms with van der Waals surface area (Å²) in [6.07, 6.45) is -0.632. The smallest absolute Gasteiger partial charge is 0.435 e. The molecule has 2 aliphatic heterocycles. The maximum Gasteiger partial charge on any atom is 0.435 e. The number of aromatic hydroxyl groups is 1. The minimum atomic E-state index is -4.73. The molecule has 42 heavy (non-hydrogen) atoms. The van der Waals surface area contributed by atoms with Crippen LogP contribution in [0.25, 0.3) is 16.6 Å². The summed E-state index contributed by atoms with van der Waals surface area (Å²) in [7, 11) is 0. The maximum atomic E-state index is 14.0. The minimum Gasteiger partial charge on any atom is -0.506 e. The van der Waals surface area contributed by atoms with Crippen LogP contribution in [0.2, 0.25) is 0 Å². The lowest BCUT2D eigenvalue weighted by atomic mass is 9.94. The van der Waals surface area contributed by atoms with Crippen molar-refractivity contribution in [1.29, 1.82) is 0 Å². The highest BCUT2D eigenvalue weighted by molar-refractivity contribution is 6.06. The van der Waals surface area contributed by atoms with Crippen LogP contribution >= 0.6 is 0 Å². The van der Waals surface area contributed by atoms with E-state index >= 15 is 0 Å². The van der Waals surface area contributed by atoms with Crippen LogP contribution in [0.4, 0.5) is 13.2 Å². The Balaban J connectivity index is 1.45. The van der Waals surface area contributed by atoms with E-state index in [1.54, 1.807) is 20.5 Å². The lowest BCUT2D eigenvalue weighted by Crippen LogP contribution is -2.46. The lowest BCUT2D eigenvalue weighted by molar-refractivity contribution is -0.140. The fraction of sp³-hybridized carbons (Fsp3) is 0.345. The van der Waals surface area contributed by atoms with Gasteiger partial charge in [-0.1, -0.05) is 26.5 Å². The molecule has 0 bridgehead atoms. The van der Waals surface area contributed by atoms with Crippen molar-refractivity contribution in [1.82, 2.24) is 34.8 Å². The number of benzene rings is 1. The van der Waals surface area contributed by atoms with Gasteiger partial charge >= 0.3 is 6.18 Å². The standard InChI is InChI=1S/C29H28F3N7O3/c1-4-24(41)37-9-7-19-25-21(39(36-19)20-6-5-16(15(2)3)11-23(20)40)8-10-38(22(25)14-37)28(42)18-12-33-27(29(30,31)32)26-17(18)13-34-35-26/h4-6,11-13,15,22,40H,1,7-10,14H2,2-3H3,(H,34,35). The molecule has 2 aliphatic rings. The van der Waals surface area contributed by atoms with Gasteiger partial charge in [-0.3, -0.25) is 14.7 Å². The van der Waals surface area contributed by atoms with Crippen LogP contribution in [-0.4, -0.2) is 71.3 Å². The van der Waals surface area contributed by atoms with Gasteiger partial charge in [-0.15, -0.1) is 0 Å². The van der Waals surface area contributed by atoms with Crippen LogP contribution in [0.15, 0.2) is 43.2 Å². The van der Waals surface area contributed by atoms with Crippen LogP contribution in [0.1, 0.15) is 64.4 Å². The van der Waals surface area contributed by atoms with E-state index in [1.807, 2.05) is 26.0 Å². The Labute approximate surface area is 238 Å². The largest absolute Gasteiger partial charge is 0.506 e. The van der Waals surface area contributed by atoms with Gasteiger partial charge in [0.05, 0.1) is 34.7 Å².